The van der Waals surface area contributed by atoms with Crippen molar-refractivity contribution in [3.05, 3.63) is 41.0 Å². The van der Waals surface area contributed by atoms with Gasteiger partial charge in [0.05, 0.1) is 28.4 Å². The monoisotopic (exact) mass is 358 g/mol. The molecule has 2 aromatic rings. The molecule has 26 heavy (non-hydrogen) atoms. The first-order chi connectivity index (χ1) is 12.6. The van der Waals surface area contributed by atoms with Crippen LogP contribution < -0.4 is 23.7 Å². The van der Waals surface area contributed by atoms with E-state index in [2.05, 4.69) is 0 Å². The zero-order valence-electron chi connectivity index (χ0n) is 15.3. The van der Waals surface area contributed by atoms with Crippen molar-refractivity contribution in [1.82, 2.24) is 0 Å². The maximum atomic E-state index is 11.3. The SMILES string of the molecule is COc1cc2c(cc1OC)[C@@H]1c3ccc(OC)c(OC)c3OC[C@@]1(O)C2. The fraction of sp³-hybridized carbons (Fsp3) is 0.400. The summed E-state index contributed by atoms with van der Waals surface area (Å²) in [7, 11) is 6.39. The van der Waals surface area contributed by atoms with Crippen molar-refractivity contribution < 1.29 is 28.8 Å². The molecule has 2 aromatic carbocycles. The topological polar surface area (TPSA) is 66.4 Å². The molecule has 0 amide bonds. The summed E-state index contributed by atoms with van der Waals surface area (Å²) in [5, 5.41) is 11.3. The van der Waals surface area contributed by atoms with E-state index >= 15 is 0 Å². The van der Waals surface area contributed by atoms with Gasteiger partial charge in [0.15, 0.2) is 23.0 Å². The molecule has 6 nitrogen and oxygen atoms in total. The van der Waals surface area contributed by atoms with E-state index in [0.717, 1.165) is 16.7 Å². The zero-order chi connectivity index (χ0) is 18.5. The van der Waals surface area contributed by atoms with E-state index in [4.69, 9.17) is 23.7 Å². The molecule has 1 aliphatic carbocycles. The molecule has 1 N–H and O–H groups in total. The van der Waals surface area contributed by atoms with Gasteiger partial charge in [0.25, 0.3) is 0 Å². The van der Waals surface area contributed by atoms with E-state index in [1.807, 2.05) is 24.3 Å². The van der Waals surface area contributed by atoms with Gasteiger partial charge >= 0.3 is 0 Å². The Labute approximate surface area is 152 Å². The summed E-state index contributed by atoms with van der Waals surface area (Å²) in [6.07, 6.45) is 0.487. The summed E-state index contributed by atoms with van der Waals surface area (Å²) in [5.74, 6) is 2.82. The predicted molar refractivity (Wildman–Crippen MR) is 95.1 cm³/mol. The Balaban J connectivity index is 1.92. The Bertz CT molecular complexity index is 862. The second kappa shape index (κ2) is 5.99. The average Bonchev–Trinajstić information content (AvgIpc) is 2.96. The quantitative estimate of drug-likeness (QED) is 0.906. The van der Waals surface area contributed by atoms with Gasteiger partial charge in [0, 0.05) is 17.9 Å². The van der Waals surface area contributed by atoms with Crippen LogP contribution in [0.1, 0.15) is 22.6 Å². The minimum atomic E-state index is -1.02. The third-order valence-corrected chi connectivity index (χ3v) is 5.30. The number of ether oxygens (including phenoxy) is 5. The lowest BCUT2D eigenvalue weighted by Crippen LogP contribution is -2.44. The Morgan fingerprint density at radius 1 is 0.923 bits per heavy atom. The molecule has 0 radical (unpaired) electrons. The maximum Gasteiger partial charge on any atom is 0.203 e. The third-order valence-electron chi connectivity index (χ3n) is 5.30. The van der Waals surface area contributed by atoms with E-state index in [1.165, 1.54) is 0 Å². The number of fused-ring (bicyclic) bond motifs is 5. The van der Waals surface area contributed by atoms with Crippen LogP contribution in [0.25, 0.3) is 0 Å². The number of rotatable bonds is 4. The van der Waals surface area contributed by atoms with Gasteiger partial charge in [-0.05, 0) is 29.3 Å². The van der Waals surface area contributed by atoms with Crippen LogP contribution >= 0.6 is 0 Å². The largest absolute Gasteiger partial charge is 0.493 e. The summed E-state index contributed by atoms with van der Waals surface area (Å²) in [6.45, 7) is 0.174. The second-order valence-corrected chi connectivity index (χ2v) is 6.63. The lowest BCUT2D eigenvalue weighted by atomic mass is 9.80. The van der Waals surface area contributed by atoms with E-state index in [0.29, 0.717) is 35.2 Å². The molecule has 0 fully saturated rings. The maximum absolute atomic E-state index is 11.3. The van der Waals surface area contributed by atoms with Crippen LogP contribution in [0.4, 0.5) is 0 Å². The lowest BCUT2D eigenvalue weighted by molar-refractivity contribution is -0.0228. The number of benzene rings is 2. The minimum Gasteiger partial charge on any atom is -0.493 e. The second-order valence-electron chi connectivity index (χ2n) is 6.63. The summed E-state index contributed by atoms with van der Waals surface area (Å²) in [6, 6.07) is 7.65. The highest BCUT2D eigenvalue weighted by atomic mass is 16.5. The fourth-order valence-electron chi connectivity index (χ4n) is 4.16. The number of hydrogen-bond acceptors (Lipinski definition) is 6. The molecule has 0 saturated carbocycles. The summed E-state index contributed by atoms with van der Waals surface area (Å²) >= 11 is 0. The highest BCUT2D eigenvalue weighted by Gasteiger charge is 2.51. The number of aliphatic hydroxyl groups is 1. The number of hydrogen-bond donors (Lipinski definition) is 1. The Hall–Kier alpha value is -2.60. The van der Waals surface area contributed by atoms with Crippen molar-refractivity contribution in [2.45, 2.75) is 17.9 Å². The van der Waals surface area contributed by atoms with Crippen LogP contribution in [0.2, 0.25) is 0 Å². The van der Waals surface area contributed by atoms with Gasteiger partial charge in [-0.25, -0.2) is 0 Å². The molecule has 0 spiro atoms. The summed E-state index contributed by atoms with van der Waals surface area (Å²) < 4.78 is 27.7. The molecular formula is C20H22O6. The molecule has 2 atom stereocenters. The highest BCUT2D eigenvalue weighted by molar-refractivity contribution is 5.64. The van der Waals surface area contributed by atoms with Crippen molar-refractivity contribution in [3.63, 3.8) is 0 Å². The van der Waals surface area contributed by atoms with Crippen molar-refractivity contribution in [2.75, 3.05) is 35.0 Å². The molecular weight excluding hydrogens is 336 g/mol. The molecule has 0 unspecified atom stereocenters. The molecule has 0 aromatic heterocycles. The molecule has 4 rings (SSSR count). The smallest absolute Gasteiger partial charge is 0.203 e. The molecule has 0 saturated heterocycles. The van der Waals surface area contributed by atoms with Crippen LogP contribution in [-0.4, -0.2) is 45.8 Å². The first kappa shape index (κ1) is 16.8. The zero-order valence-corrected chi connectivity index (χ0v) is 15.3. The van der Waals surface area contributed by atoms with Crippen LogP contribution in [0.3, 0.4) is 0 Å². The van der Waals surface area contributed by atoms with Gasteiger partial charge in [-0.15, -0.1) is 0 Å². The van der Waals surface area contributed by atoms with Gasteiger partial charge in [-0.3, -0.25) is 0 Å². The number of methoxy groups -OCH3 is 4. The van der Waals surface area contributed by atoms with Crippen LogP contribution in [0, 0.1) is 0 Å². The van der Waals surface area contributed by atoms with Crippen LogP contribution in [0.15, 0.2) is 24.3 Å². The predicted octanol–water partition coefficient (Wildman–Crippen LogP) is 2.53. The molecule has 138 valence electrons. The Kier molecular flexibility index (Phi) is 3.88. The molecule has 0 bridgehead atoms. The lowest BCUT2D eigenvalue weighted by Gasteiger charge is -2.37. The van der Waals surface area contributed by atoms with Crippen molar-refractivity contribution in [1.29, 1.82) is 0 Å². The minimum absolute atomic E-state index is 0.174. The van der Waals surface area contributed by atoms with Crippen LogP contribution in [-0.2, 0) is 6.42 Å². The summed E-state index contributed by atoms with van der Waals surface area (Å²) in [4.78, 5) is 0. The standard InChI is InChI=1S/C20H22O6/c1-22-14-6-5-12-17-13-8-16(24-3)15(23-2)7-11(13)9-20(17,21)10-26-18(12)19(14)25-4/h5-8,17,21H,9-10H2,1-4H3/t17-,20-/m0/s1. The van der Waals surface area contributed by atoms with E-state index in [-0.39, 0.29) is 12.5 Å². The first-order valence-electron chi connectivity index (χ1n) is 8.41. The van der Waals surface area contributed by atoms with Crippen LogP contribution in [0.5, 0.6) is 28.7 Å². The van der Waals surface area contributed by atoms with Gasteiger partial charge in [-0.1, -0.05) is 6.07 Å². The normalized spacial score (nSPS) is 22.6. The van der Waals surface area contributed by atoms with Gasteiger partial charge in [0.1, 0.15) is 12.2 Å². The van der Waals surface area contributed by atoms with E-state index in [9.17, 15) is 5.11 Å². The highest BCUT2D eigenvalue weighted by Crippen LogP contribution is 2.56. The van der Waals surface area contributed by atoms with Gasteiger partial charge < -0.3 is 28.8 Å². The summed E-state index contributed by atoms with van der Waals surface area (Å²) in [5.41, 5.74) is 1.90. The Morgan fingerprint density at radius 2 is 1.62 bits per heavy atom. The first-order valence-corrected chi connectivity index (χ1v) is 8.41. The molecule has 6 heteroatoms. The van der Waals surface area contributed by atoms with Crippen molar-refractivity contribution in [3.8, 4) is 28.7 Å². The fourth-order valence-corrected chi connectivity index (χ4v) is 4.16. The van der Waals surface area contributed by atoms with Gasteiger partial charge in [-0.2, -0.15) is 0 Å². The third kappa shape index (κ3) is 2.22. The molecule has 1 heterocycles. The van der Waals surface area contributed by atoms with Crippen molar-refractivity contribution >= 4 is 0 Å². The van der Waals surface area contributed by atoms with Gasteiger partial charge in [0.2, 0.25) is 5.75 Å². The Morgan fingerprint density at radius 3 is 2.27 bits per heavy atom. The van der Waals surface area contributed by atoms with E-state index in [1.54, 1.807) is 28.4 Å². The average molecular weight is 358 g/mol. The van der Waals surface area contributed by atoms with Crippen molar-refractivity contribution in [2.24, 2.45) is 0 Å². The van der Waals surface area contributed by atoms with E-state index < -0.39 is 5.60 Å². The molecule has 1 aliphatic heterocycles. The molecule has 2 aliphatic rings.